The topological polar surface area (TPSA) is 84.6 Å². The maximum atomic E-state index is 13.4. The molecular weight excluding hydrogens is 461 g/mol. The second-order valence-electron chi connectivity index (χ2n) is 10.6. The second-order valence-corrected chi connectivity index (χ2v) is 10.6. The van der Waals surface area contributed by atoms with Gasteiger partial charge in [0, 0.05) is 31.5 Å². The summed E-state index contributed by atoms with van der Waals surface area (Å²) in [4.78, 5) is 25.6. The number of nitrogens with zero attached hydrogens (tertiary/aromatic N) is 5. The van der Waals surface area contributed by atoms with Gasteiger partial charge in [-0.25, -0.2) is 4.39 Å². The number of amides is 1. The molecule has 8 nitrogen and oxygen atoms in total. The summed E-state index contributed by atoms with van der Waals surface area (Å²) in [6, 6.07) is 4.60. The quantitative estimate of drug-likeness (QED) is 0.551. The fourth-order valence-corrected chi connectivity index (χ4v) is 5.22. The van der Waals surface area contributed by atoms with Crippen LogP contribution in [0, 0.1) is 11.8 Å². The highest BCUT2D eigenvalue weighted by Crippen LogP contribution is 2.32. The molecule has 2 aliphatic heterocycles. The van der Waals surface area contributed by atoms with Gasteiger partial charge in [0.05, 0.1) is 25.0 Å². The predicted octanol–water partition coefficient (Wildman–Crippen LogP) is 4.64. The third-order valence-corrected chi connectivity index (χ3v) is 7.59. The van der Waals surface area contributed by atoms with E-state index in [-0.39, 0.29) is 24.3 Å². The first-order chi connectivity index (χ1) is 17.5. The minimum absolute atomic E-state index is 0.0369. The van der Waals surface area contributed by atoms with Gasteiger partial charge in [0.2, 0.25) is 5.91 Å². The largest absolute Gasteiger partial charge is 0.492 e. The molecule has 2 saturated heterocycles. The number of piperidine rings is 1. The Balaban J connectivity index is 1.06. The van der Waals surface area contributed by atoms with Crippen molar-refractivity contribution in [1.29, 1.82) is 0 Å². The third-order valence-electron chi connectivity index (χ3n) is 7.59. The molecule has 1 amide bonds. The van der Waals surface area contributed by atoms with E-state index >= 15 is 0 Å². The summed E-state index contributed by atoms with van der Waals surface area (Å²) in [5.41, 5.74) is 2.11. The first-order valence-electron chi connectivity index (χ1n) is 13.3. The monoisotopic (exact) mass is 497 g/mol. The molecule has 4 heterocycles. The lowest BCUT2D eigenvalue weighted by Gasteiger charge is -2.30. The fourth-order valence-electron chi connectivity index (χ4n) is 5.22. The van der Waals surface area contributed by atoms with Crippen molar-refractivity contribution < 1.29 is 18.4 Å². The van der Waals surface area contributed by atoms with Gasteiger partial charge >= 0.3 is 6.01 Å². The lowest BCUT2D eigenvalue weighted by atomic mass is 9.87. The average molecular weight is 498 g/mol. The van der Waals surface area contributed by atoms with Crippen LogP contribution in [-0.4, -0.2) is 64.9 Å². The molecule has 0 radical (unpaired) electrons. The number of halogens is 1. The van der Waals surface area contributed by atoms with Gasteiger partial charge in [-0.2, -0.15) is 4.98 Å². The zero-order valence-corrected chi connectivity index (χ0v) is 21.2. The summed E-state index contributed by atoms with van der Waals surface area (Å²) < 4.78 is 24.9. The molecule has 0 N–H and O–H groups in total. The molecular formula is C27H36FN5O3. The van der Waals surface area contributed by atoms with Crippen LogP contribution < -0.4 is 9.64 Å². The van der Waals surface area contributed by atoms with Gasteiger partial charge in [0.25, 0.3) is 0 Å². The minimum atomic E-state index is -0.865. The van der Waals surface area contributed by atoms with Crippen LogP contribution >= 0.6 is 0 Å². The Morgan fingerprint density at radius 1 is 1.19 bits per heavy atom. The van der Waals surface area contributed by atoms with Crippen LogP contribution in [0.15, 0.2) is 28.9 Å². The van der Waals surface area contributed by atoms with E-state index in [1.807, 2.05) is 12.1 Å². The molecule has 2 atom stereocenters. The molecule has 0 bridgehead atoms. The van der Waals surface area contributed by atoms with E-state index in [1.165, 1.54) is 5.57 Å². The number of hydrogen-bond acceptors (Lipinski definition) is 7. The van der Waals surface area contributed by atoms with Gasteiger partial charge in [-0.1, -0.05) is 25.1 Å². The highest BCUT2D eigenvalue weighted by Gasteiger charge is 2.31. The molecule has 2 aromatic heterocycles. The zero-order valence-electron chi connectivity index (χ0n) is 21.2. The van der Waals surface area contributed by atoms with Gasteiger partial charge in [-0.15, -0.1) is 0 Å². The first-order valence-corrected chi connectivity index (χ1v) is 13.3. The Kier molecular flexibility index (Phi) is 7.53. The summed E-state index contributed by atoms with van der Waals surface area (Å²) in [5.74, 6) is 2.33. The highest BCUT2D eigenvalue weighted by molar-refractivity contribution is 5.80. The summed E-state index contributed by atoms with van der Waals surface area (Å²) >= 11 is 0. The molecule has 1 aliphatic carbocycles. The van der Waals surface area contributed by atoms with E-state index < -0.39 is 6.17 Å². The van der Waals surface area contributed by atoms with Gasteiger partial charge in [-0.05, 0) is 62.1 Å². The Labute approximate surface area is 211 Å². The minimum Gasteiger partial charge on any atom is -0.492 e. The van der Waals surface area contributed by atoms with Crippen molar-refractivity contribution in [3.63, 3.8) is 0 Å². The van der Waals surface area contributed by atoms with Gasteiger partial charge in [-0.3, -0.25) is 9.78 Å². The molecule has 0 aromatic carbocycles. The number of carbonyl (C=O) groups excluding carboxylic acids is 1. The van der Waals surface area contributed by atoms with Crippen molar-refractivity contribution in [2.75, 3.05) is 37.7 Å². The number of anilines is 1. The highest BCUT2D eigenvalue weighted by atomic mass is 19.1. The summed E-state index contributed by atoms with van der Waals surface area (Å²) in [7, 11) is 0. The number of allylic oxidation sites excluding steroid dienone is 2. The Bertz CT molecular complexity index is 1060. The summed E-state index contributed by atoms with van der Waals surface area (Å²) in [5, 5.41) is 4.06. The van der Waals surface area contributed by atoms with E-state index in [1.54, 1.807) is 11.1 Å². The van der Waals surface area contributed by atoms with Crippen molar-refractivity contribution in [1.82, 2.24) is 20.0 Å². The molecule has 5 rings (SSSR count). The molecule has 194 valence electrons. The van der Waals surface area contributed by atoms with Gasteiger partial charge in [0.15, 0.2) is 5.82 Å². The molecule has 0 spiro atoms. The zero-order chi connectivity index (χ0) is 25.1. The van der Waals surface area contributed by atoms with Crippen molar-refractivity contribution in [2.45, 2.75) is 64.5 Å². The molecule has 36 heavy (non-hydrogen) atoms. The number of alkyl halides is 1. The number of aromatic nitrogens is 3. The van der Waals surface area contributed by atoms with E-state index in [2.05, 4.69) is 39.9 Å². The first kappa shape index (κ1) is 24.7. The Hall–Kier alpha value is -2.97. The number of carbonyl (C=O) groups is 1. The average Bonchev–Trinajstić information content (AvgIpc) is 3.58. The molecule has 2 aromatic rings. The molecule has 2 fully saturated rings. The van der Waals surface area contributed by atoms with E-state index in [0.717, 1.165) is 56.0 Å². The summed E-state index contributed by atoms with van der Waals surface area (Å²) in [6.45, 7) is 7.35. The van der Waals surface area contributed by atoms with Crippen LogP contribution in [0.25, 0.3) is 5.57 Å². The van der Waals surface area contributed by atoms with Gasteiger partial charge < -0.3 is 19.1 Å². The molecule has 1 unspecified atom stereocenters. The smallest absolute Gasteiger partial charge is 0.324 e. The number of ether oxygens (including phenoxy) is 1. The van der Waals surface area contributed by atoms with Gasteiger partial charge in [0.1, 0.15) is 11.9 Å². The lowest BCUT2D eigenvalue weighted by Crippen LogP contribution is -2.35. The van der Waals surface area contributed by atoms with Crippen LogP contribution in [0.5, 0.6) is 5.75 Å². The van der Waals surface area contributed by atoms with Crippen LogP contribution in [0.2, 0.25) is 0 Å². The maximum absolute atomic E-state index is 13.4. The van der Waals surface area contributed by atoms with Crippen molar-refractivity contribution in [2.24, 2.45) is 11.8 Å². The van der Waals surface area contributed by atoms with Crippen molar-refractivity contribution >= 4 is 17.5 Å². The molecule has 9 heteroatoms. The Morgan fingerprint density at radius 3 is 2.64 bits per heavy atom. The maximum Gasteiger partial charge on any atom is 0.324 e. The van der Waals surface area contributed by atoms with Crippen LogP contribution in [-0.2, 0) is 4.79 Å². The number of rotatable bonds is 7. The number of pyridine rings is 1. The normalized spacial score (nSPS) is 23.3. The van der Waals surface area contributed by atoms with E-state index in [4.69, 9.17) is 9.26 Å². The SMILES string of the molecule is CC(C)c1noc(N2CCC(COc3ccc(C4=CCC(C(=O)N5CC[C@H](F)C5)CC4)nc3)CC2)n1. The molecule has 0 saturated carbocycles. The number of hydrogen-bond donors (Lipinski definition) is 0. The van der Waals surface area contributed by atoms with Crippen molar-refractivity contribution in [3.8, 4) is 5.75 Å². The Morgan fingerprint density at radius 2 is 2.03 bits per heavy atom. The fraction of sp³-hybridized carbons (Fsp3) is 0.630. The van der Waals surface area contributed by atoms with Crippen LogP contribution in [0.1, 0.15) is 69.8 Å². The predicted molar refractivity (Wildman–Crippen MR) is 134 cm³/mol. The van der Waals surface area contributed by atoms with Crippen molar-refractivity contribution in [3.05, 3.63) is 35.9 Å². The second kappa shape index (κ2) is 11.0. The van der Waals surface area contributed by atoms with E-state index in [9.17, 15) is 9.18 Å². The van der Waals surface area contributed by atoms with Crippen LogP contribution in [0.4, 0.5) is 10.4 Å². The van der Waals surface area contributed by atoms with Crippen LogP contribution in [0.3, 0.4) is 0 Å². The molecule has 3 aliphatic rings. The summed E-state index contributed by atoms with van der Waals surface area (Å²) in [6.07, 6.45) is 7.85. The lowest BCUT2D eigenvalue weighted by molar-refractivity contribution is -0.134. The van der Waals surface area contributed by atoms with E-state index in [0.29, 0.717) is 37.9 Å². The number of likely N-dealkylation sites (tertiary alicyclic amines) is 1. The standard InChI is InChI=1S/C27H36FN5O3/c1-18(2)25-30-27(36-31-25)32-12-9-19(10-13-32)17-35-23-7-8-24(29-15-23)20-3-5-21(6-4-20)26(34)33-14-11-22(28)16-33/h3,7-8,15,18-19,21-22H,4-6,9-14,16-17H2,1-2H3/t21?,22-/m0/s1. The third kappa shape index (κ3) is 5.71.